The third-order valence-electron chi connectivity index (χ3n) is 4.73. The van der Waals surface area contributed by atoms with Gasteiger partial charge in [0.1, 0.15) is 0 Å². The summed E-state index contributed by atoms with van der Waals surface area (Å²) >= 11 is 0. The number of hydrogen-bond acceptors (Lipinski definition) is 6. The van der Waals surface area contributed by atoms with E-state index in [1.807, 2.05) is 13.8 Å². The monoisotopic (exact) mass is 398 g/mol. The van der Waals surface area contributed by atoms with Crippen LogP contribution in [-0.4, -0.2) is 54.0 Å². The molecule has 9 nitrogen and oxygen atoms in total. The van der Waals surface area contributed by atoms with Gasteiger partial charge in [-0.2, -0.15) is 5.10 Å². The lowest BCUT2D eigenvalue weighted by atomic mass is 10.0. The maximum atomic E-state index is 12.3. The normalized spacial score (nSPS) is 21.1. The Kier molecular flexibility index (Phi) is 7.11. The lowest BCUT2D eigenvalue weighted by Crippen LogP contribution is -2.52. The Hall–Kier alpha value is -2.23. The first kappa shape index (κ1) is 21.1. The molecule has 1 fully saturated rings. The number of carbonyl (C=O) groups excluding carboxylic acids is 2. The molecular formula is C17H26N4O5S. The highest BCUT2D eigenvalue weighted by Crippen LogP contribution is 2.15. The van der Waals surface area contributed by atoms with E-state index in [4.69, 9.17) is 0 Å². The highest BCUT2D eigenvalue weighted by molar-refractivity contribution is 7.91. The highest BCUT2D eigenvalue weighted by atomic mass is 32.2. The lowest BCUT2D eigenvalue weighted by Gasteiger charge is -2.23. The van der Waals surface area contributed by atoms with E-state index in [0.717, 1.165) is 0 Å². The maximum absolute atomic E-state index is 12.3. The van der Waals surface area contributed by atoms with Gasteiger partial charge < -0.3 is 10.6 Å². The van der Waals surface area contributed by atoms with E-state index in [0.29, 0.717) is 25.0 Å². The Labute approximate surface area is 158 Å². The number of H-pyrrole nitrogens is 1. The van der Waals surface area contributed by atoms with Crippen LogP contribution in [0.25, 0.3) is 0 Å². The molecule has 0 saturated carbocycles. The van der Waals surface area contributed by atoms with Crippen LogP contribution in [0.15, 0.2) is 16.9 Å². The Bertz CT molecular complexity index is 811. The van der Waals surface area contributed by atoms with Crippen molar-refractivity contribution in [2.75, 3.05) is 11.5 Å². The molecule has 1 saturated heterocycles. The van der Waals surface area contributed by atoms with Crippen LogP contribution in [0.5, 0.6) is 0 Å². The van der Waals surface area contributed by atoms with Crippen molar-refractivity contribution in [3.8, 4) is 0 Å². The molecule has 27 heavy (non-hydrogen) atoms. The van der Waals surface area contributed by atoms with Gasteiger partial charge in [0.15, 0.2) is 9.84 Å². The molecule has 2 rings (SSSR count). The fourth-order valence-corrected chi connectivity index (χ4v) is 4.99. The maximum Gasteiger partial charge on any atom is 0.264 e. The van der Waals surface area contributed by atoms with E-state index < -0.39 is 21.9 Å². The summed E-state index contributed by atoms with van der Waals surface area (Å²) < 4.78 is 24.0. The predicted octanol–water partition coefficient (Wildman–Crippen LogP) is -0.463. The molecule has 1 aromatic heterocycles. The third-order valence-corrected chi connectivity index (χ3v) is 6.46. The summed E-state index contributed by atoms with van der Waals surface area (Å²) in [7, 11) is -3.33. The molecule has 150 valence electrons. The molecule has 1 aliphatic heterocycles. The smallest absolute Gasteiger partial charge is 0.264 e. The number of nitrogens with zero attached hydrogens (tertiary/aromatic N) is 1. The van der Waals surface area contributed by atoms with Gasteiger partial charge in [-0.05, 0) is 18.9 Å². The zero-order chi connectivity index (χ0) is 20.0. The van der Waals surface area contributed by atoms with Crippen molar-refractivity contribution >= 4 is 21.7 Å². The van der Waals surface area contributed by atoms with Crippen LogP contribution in [0, 0.1) is 5.92 Å². The highest BCUT2D eigenvalue weighted by Gasteiger charge is 2.39. The first-order valence-electron chi connectivity index (χ1n) is 9.08. The molecule has 0 spiro atoms. The van der Waals surface area contributed by atoms with Crippen LogP contribution in [-0.2, 0) is 25.8 Å². The van der Waals surface area contributed by atoms with Crippen LogP contribution < -0.4 is 16.2 Å². The minimum atomic E-state index is -3.33. The largest absolute Gasteiger partial charge is 0.350 e. The molecule has 2 heterocycles. The van der Waals surface area contributed by atoms with E-state index in [1.165, 1.54) is 12.1 Å². The SMILES string of the molecule is CCC(CC)C(=O)N[C@H]1CS(=O)(=O)C[C@H]1NC(=O)CCc1ccc(=O)[nH]n1. The second-order valence-corrected chi connectivity index (χ2v) is 8.95. The predicted molar refractivity (Wildman–Crippen MR) is 99.8 cm³/mol. The van der Waals surface area contributed by atoms with Crippen molar-refractivity contribution in [3.63, 3.8) is 0 Å². The van der Waals surface area contributed by atoms with Gasteiger partial charge in [-0.1, -0.05) is 13.8 Å². The molecule has 0 unspecified atom stereocenters. The molecule has 0 aliphatic carbocycles. The van der Waals surface area contributed by atoms with Gasteiger partial charge in [0.2, 0.25) is 11.8 Å². The van der Waals surface area contributed by atoms with Crippen LogP contribution in [0.3, 0.4) is 0 Å². The van der Waals surface area contributed by atoms with Gasteiger partial charge >= 0.3 is 0 Å². The van der Waals surface area contributed by atoms with Gasteiger partial charge in [0.25, 0.3) is 5.56 Å². The average Bonchev–Trinajstić information content (AvgIpc) is 2.88. The zero-order valence-electron chi connectivity index (χ0n) is 15.5. The van der Waals surface area contributed by atoms with Gasteiger partial charge in [-0.3, -0.25) is 14.4 Å². The van der Waals surface area contributed by atoms with E-state index in [1.54, 1.807) is 0 Å². The van der Waals surface area contributed by atoms with E-state index in [2.05, 4.69) is 20.8 Å². The number of hydrogen-bond donors (Lipinski definition) is 3. The molecule has 3 N–H and O–H groups in total. The standard InChI is InChI=1S/C17H26N4O5S/c1-3-11(4-2)17(24)19-14-10-27(25,26)9-13(14)18-15(22)7-5-12-6-8-16(23)21-20-12/h6,8,11,13-14H,3-5,7,9-10H2,1-2H3,(H,18,22)(H,19,24)(H,21,23)/t13-,14+/m1/s1. The van der Waals surface area contributed by atoms with Crippen molar-refractivity contribution in [3.05, 3.63) is 28.2 Å². The number of carbonyl (C=O) groups is 2. The fourth-order valence-electron chi connectivity index (χ4n) is 3.13. The summed E-state index contributed by atoms with van der Waals surface area (Å²) in [4.78, 5) is 35.5. The topological polar surface area (TPSA) is 138 Å². The Balaban J connectivity index is 1.94. The van der Waals surface area contributed by atoms with Gasteiger partial charge in [0.05, 0.1) is 29.3 Å². The number of sulfone groups is 1. The Morgan fingerprint density at radius 3 is 2.37 bits per heavy atom. The summed E-state index contributed by atoms with van der Waals surface area (Å²) in [6, 6.07) is 1.58. The average molecular weight is 398 g/mol. The van der Waals surface area contributed by atoms with Crippen molar-refractivity contribution < 1.29 is 18.0 Å². The molecule has 0 aromatic carbocycles. The minimum absolute atomic E-state index is 0.100. The first-order valence-corrected chi connectivity index (χ1v) is 10.9. The lowest BCUT2D eigenvalue weighted by molar-refractivity contribution is -0.127. The summed E-state index contributed by atoms with van der Waals surface area (Å²) in [6.45, 7) is 3.81. The minimum Gasteiger partial charge on any atom is -0.350 e. The van der Waals surface area contributed by atoms with Crippen LogP contribution >= 0.6 is 0 Å². The van der Waals surface area contributed by atoms with Gasteiger partial charge in [-0.25, -0.2) is 13.5 Å². The molecule has 2 atom stereocenters. The first-order chi connectivity index (χ1) is 12.7. The van der Waals surface area contributed by atoms with Crippen LogP contribution in [0.1, 0.15) is 38.8 Å². The number of aryl methyl sites for hydroxylation is 1. The Morgan fingerprint density at radius 1 is 1.19 bits per heavy atom. The van der Waals surface area contributed by atoms with Crippen molar-refractivity contribution in [2.24, 2.45) is 5.92 Å². The second kappa shape index (κ2) is 9.12. The van der Waals surface area contributed by atoms with E-state index in [9.17, 15) is 22.8 Å². The number of rotatable bonds is 8. The van der Waals surface area contributed by atoms with Crippen LogP contribution in [0.2, 0.25) is 0 Å². The fraction of sp³-hybridized carbons (Fsp3) is 0.647. The zero-order valence-corrected chi connectivity index (χ0v) is 16.3. The molecule has 1 aliphatic rings. The number of aromatic amines is 1. The molecule has 0 bridgehead atoms. The van der Waals surface area contributed by atoms with Gasteiger partial charge in [-0.15, -0.1) is 0 Å². The summed E-state index contributed by atoms with van der Waals surface area (Å²) in [5.74, 6) is -1.05. The number of aromatic nitrogens is 2. The van der Waals surface area contributed by atoms with Crippen molar-refractivity contribution in [1.82, 2.24) is 20.8 Å². The Morgan fingerprint density at radius 2 is 1.81 bits per heavy atom. The van der Waals surface area contributed by atoms with Gasteiger partial charge in [0, 0.05) is 24.8 Å². The van der Waals surface area contributed by atoms with E-state index in [-0.39, 0.29) is 41.2 Å². The number of amides is 2. The number of nitrogens with one attached hydrogen (secondary N) is 3. The van der Waals surface area contributed by atoms with Crippen molar-refractivity contribution in [1.29, 1.82) is 0 Å². The quantitative estimate of drug-likeness (QED) is 0.541. The summed E-state index contributed by atoms with van der Waals surface area (Å²) in [5, 5.41) is 11.6. The molecule has 1 aromatic rings. The molecule has 2 amide bonds. The molecule has 0 radical (unpaired) electrons. The third kappa shape index (κ3) is 6.16. The second-order valence-electron chi connectivity index (χ2n) is 6.79. The van der Waals surface area contributed by atoms with E-state index >= 15 is 0 Å². The van der Waals surface area contributed by atoms with Crippen LogP contribution in [0.4, 0.5) is 0 Å². The molecule has 10 heteroatoms. The summed E-state index contributed by atoms with van der Waals surface area (Å²) in [5.41, 5.74) is 0.234. The summed E-state index contributed by atoms with van der Waals surface area (Å²) in [6.07, 6.45) is 1.76. The van der Waals surface area contributed by atoms with Crippen molar-refractivity contribution in [2.45, 2.75) is 51.6 Å². The molecular weight excluding hydrogens is 372 g/mol.